The number of nitrogens with two attached hydrogens (primary N) is 1. The van der Waals surface area contributed by atoms with Crippen molar-refractivity contribution >= 4 is 17.3 Å². The van der Waals surface area contributed by atoms with E-state index in [0.29, 0.717) is 11.3 Å². The predicted molar refractivity (Wildman–Crippen MR) is 79.8 cm³/mol. The number of nitrogens with one attached hydrogen (secondary N) is 1. The molecule has 0 aliphatic heterocycles. The molecule has 112 valence electrons. The summed E-state index contributed by atoms with van der Waals surface area (Å²) >= 11 is 5.76. The molecule has 0 aliphatic rings. The Morgan fingerprint density at radius 1 is 1.19 bits per heavy atom. The maximum Gasteiger partial charge on any atom is 0.146 e. The van der Waals surface area contributed by atoms with Gasteiger partial charge >= 0.3 is 0 Å². The van der Waals surface area contributed by atoms with Gasteiger partial charge in [-0.25, -0.2) is 8.78 Å². The number of benzene rings is 2. The summed E-state index contributed by atoms with van der Waals surface area (Å²) in [5.74, 6) is -0.419. The Bertz CT molecular complexity index is 637. The second-order valence-corrected chi connectivity index (χ2v) is 4.86. The summed E-state index contributed by atoms with van der Waals surface area (Å²) in [6, 6.07) is 8.24. The van der Waals surface area contributed by atoms with Crippen LogP contribution in [0.4, 0.5) is 14.5 Å². The van der Waals surface area contributed by atoms with Gasteiger partial charge in [0.2, 0.25) is 0 Å². The van der Waals surface area contributed by atoms with Gasteiger partial charge in [-0.15, -0.1) is 0 Å². The molecule has 0 spiro atoms. The number of ether oxygens (including phenoxy) is 1. The fourth-order valence-corrected chi connectivity index (χ4v) is 2.13. The number of hydrogen-bond donors (Lipinski definition) is 2. The van der Waals surface area contributed by atoms with Crippen molar-refractivity contribution < 1.29 is 13.5 Å². The third-order valence-corrected chi connectivity index (χ3v) is 3.37. The highest BCUT2D eigenvalue weighted by Crippen LogP contribution is 2.27. The molecule has 2 rings (SSSR count). The Kier molecular flexibility index (Phi) is 4.98. The van der Waals surface area contributed by atoms with Crippen LogP contribution in [0.15, 0.2) is 36.4 Å². The van der Waals surface area contributed by atoms with E-state index in [1.54, 1.807) is 6.07 Å². The van der Waals surface area contributed by atoms with Crippen LogP contribution < -0.4 is 15.8 Å². The summed E-state index contributed by atoms with van der Waals surface area (Å²) in [5.41, 5.74) is 6.64. The predicted octanol–water partition coefficient (Wildman–Crippen LogP) is 3.74. The zero-order chi connectivity index (χ0) is 15.4. The lowest BCUT2D eigenvalue weighted by molar-refractivity contribution is 0.414. The first-order valence-corrected chi connectivity index (χ1v) is 6.68. The van der Waals surface area contributed by atoms with Crippen LogP contribution in [0, 0.1) is 11.6 Å². The number of halogens is 3. The summed E-state index contributed by atoms with van der Waals surface area (Å²) in [4.78, 5) is 0. The fraction of sp³-hybridized carbons (Fsp3) is 0.200. The number of hydrogen-bond acceptors (Lipinski definition) is 3. The Morgan fingerprint density at radius 3 is 2.52 bits per heavy atom. The van der Waals surface area contributed by atoms with E-state index < -0.39 is 17.7 Å². The fourth-order valence-electron chi connectivity index (χ4n) is 1.94. The maximum absolute atomic E-state index is 13.8. The molecule has 0 amide bonds. The molecule has 2 aromatic rings. The van der Waals surface area contributed by atoms with Crippen molar-refractivity contribution in [3.63, 3.8) is 0 Å². The summed E-state index contributed by atoms with van der Waals surface area (Å²) in [7, 11) is 1.50. The van der Waals surface area contributed by atoms with Gasteiger partial charge in [-0.3, -0.25) is 0 Å². The van der Waals surface area contributed by atoms with Crippen molar-refractivity contribution in [3.8, 4) is 5.75 Å². The van der Waals surface area contributed by atoms with Crippen molar-refractivity contribution in [1.82, 2.24) is 0 Å². The van der Waals surface area contributed by atoms with Crippen LogP contribution in [0.2, 0.25) is 5.02 Å². The van der Waals surface area contributed by atoms with Crippen LogP contribution in [0.1, 0.15) is 11.6 Å². The largest absolute Gasteiger partial charge is 0.497 e. The van der Waals surface area contributed by atoms with E-state index in [1.807, 2.05) is 0 Å². The molecule has 3 nitrogen and oxygen atoms in total. The second-order valence-electron chi connectivity index (χ2n) is 4.45. The van der Waals surface area contributed by atoms with E-state index >= 15 is 0 Å². The van der Waals surface area contributed by atoms with E-state index in [1.165, 1.54) is 37.4 Å². The molecule has 1 unspecified atom stereocenters. The van der Waals surface area contributed by atoms with E-state index in [0.717, 1.165) is 0 Å². The molecule has 0 fully saturated rings. The van der Waals surface area contributed by atoms with E-state index in [2.05, 4.69) is 5.32 Å². The molecular weight excluding hydrogens is 298 g/mol. The standard InChI is InChI=1S/C15H15ClF2N2O/c1-21-10-3-5-13(18)14(7-10)20-15(8-19)9-2-4-12(17)11(16)6-9/h2-7,15,20H,8,19H2,1H3. The lowest BCUT2D eigenvalue weighted by atomic mass is 10.1. The average molecular weight is 313 g/mol. The van der Waals surface area contributed by atoms with Crippen LogP contribution in [0.3, 0.4) is 0 Å². The number of rotatable bonds is 5. The first-order chi connectivity index (χ1) is 10.0. The Morgan fingerprint density at radius 2 is 1.90 bits per heavy atom. The van der Waals surface area contributed by atoms with Crippen molar-refractivity contribution in [2.75, 3.05) is 19.0 Å². The third kappa shape index (κ3) is 3.62. The van der Waals surface area contributed by atoms with Gasteiger partial charge in [0.1, 0.15) is 17.4 Å². The summed E-state index contributed by atoms with van der Waals surface area (Å²) < 4.78 is 32.1. The highest BCUT2D eigenvalue weighted by Gasteiger charge is 2.14. The van der Waals surface area contributed by atoms with Crippen LogP contribution in [-0.2, 0) is 0 Å². The van der Waals surface area contributed by atoms with Crippen molar-refractivity contribution in [3.05, 3.63) is 58.6 Å². The Hall–Kier alpha value is -1.85. The Labute approximate surface area is 126 Å². The molecule has 0 aliphatic carbocycles. The minimum absolute atomic E-state index is 0.00105. The minimum Gasteiger partial charge on any atom is -0.497 e. The zero-order valence-corrected chi connectivity index (χ0v) is 12.1. The van der Waals surface area contributed by atoms with Gasteiger partial charge in [-0.2, -0.15) is 0 Å². The molecule has 6 heteroatoms. The van der Waals surface area contributed by atoms with Crippen LogP contribution in [0.5, 0.6) is 5.75 Å². The molecule has 0 heterocycles. The monoisotopic (exact) mass is 312 g/mol. The van der Waals surface area contributed by atoms with Crippen molar-refractivity contribution in [2.24, 2.45) is 5.73 Å². The molecule has 1 atom stereocenters. The quantitative estimate of drug-likeness (QED) is 0.884. The first-order valence-electron chi connectivity index (χ1n) is 6.30. The van der Waals surface area contributed by atoms with E-state index in [-0.39, 0.29) is 17.3 Å². The van der Waals surface area contributed by atoms with E-state index in [9.17, 15) is 8.78 Å². The normalized spacial score (nSPS) is 12.0. The second kappa shape index (κ2) is 6.74. The molecule has 0 bridgehead atoms. The summed E-state index contributed by atoms with van der Waals surface area (Å²) in [5, 5.41) is 2.97. The van der Waals surface area contributed by atoms with Crippen molar-refractivity contribution in [2.45, 2.75) is 6.04 Å². The third-order valence-electron chi connectivity index (χ3n) is 3.08. The lowest BCUT2D eigenvalue weighted by Gasteiger charge is -2.20. The maximum atomic E-state index is 13.8. The lowest BCUT2D eigenvalue weighted by Crippen LogP contribution is -2.21. The highest BCUT2D eigenvalue weighted by atomic mass is 35.5. The molecule has 2 aromatic carbocycles. The zero-order valence-electron chi connectivity index (χ0n) is 11.4. The highest BCUT2D eigenvalue weighted by molar-refractivity contribution is 6.30. The molecular formula is C15H15ClF2N2O. The topological polar surface area (TPSA) is 47.3 Å². The van der Waals surface area contributed by atoms with Crippen molar-refractivity contribution in [1.29, 1.82) is 0 Å². The van der Waals surface area contributed by atoms with Gasteiger partial charge in [-0.1, -0.05) is 17.7 Å². The van der Waals surface area contributed by atoms with Gasteiger partial charge in [0.15, 0.2) is 0 Å². The molecule has 0 aromatic heterocycles. The molecule has 0 saturated heterocycles. The number of anilines is 1. The molecule has 3 N–H and O–H groups in total. The molecule has 0 radical (unpaired) electrons. The van der Waals surface area contributed by atoms with Crippen LogP contribution >= 0.6 is 11.6 Å². The average Bonchev–Trinajstić information content (AvgIpc) is 2.49. The van der Waals surface area contributed by atoms with E-state index in [4.69, 9.17) is 22.1 Å². The van der Waals surface area contributed by atoms with Gasteiger partial charge in [0, 0.05) is 12.6 Å². The Balaban J connectivity index is 2.28. The van der Waals surface area contributed by atoms with Gasteiger partial charge < -0.3 is 15.8 Å². The summed E-state index contributed by atoms with van der Waals surface area (Å²) in [6.07, 6.45) is 0. The molecule has 0 saturated carbocycles. The number of methoxy groups -OCH3 is 1. The van der Waals surface area contributed by atoms with Gasteiger partial charge in [0.25, 0.3) is 0 Å². The van der Waals surface area contributed by atoms with Crippen LogP contribution in [0.25, 0.3) is 0 Å². The van der Waals surface area contributed by atoms with Gasteiger partial charge in [-0.05, 0) is 29.8 Å². The SMILES string of the molecule is COc1ccc(F)c(NC(CN)c2ccc(F)c(Cl)c2)c1. The van der Waals surface area contributed by atoms with Crippen LogP contribution in [-0.4, -0.2) is 13.7 Å². The molecule has 21 heavy (non-hydrogen) atoms. The minimum atomic E-state index is -0.510. The summed E-state index contributed by atoms with van der Waals surface area (Å²) in [6.45, 7) is 0.193. The van der Waals surface area contributed by atoms with Gasteiger partial charge in [0.05, 0.1) is 23.9 Å². The smallest absolute Gasteiger partial charge is 0.146 e. The first kappa shape index (κ1) is 15.5.